The first-order valence-electron chi connectivity index (χ1n) is 15.4. The average Bonchev–Trinajstić information content (AvgIpc) is 3.43. The zero-order chi connectivity index (χ0) is 27.5. The van der Waals surface area contributed by atoms with Gasteiger partial charge in [-0.3, -0.25) is 9.59 Å². The van der Waals surface area contributed by atoms with E-state index in [4.69, 9.17) is 10.2 Å². The molecule has 2 atom stereocenters. The molecule has 2 aromatic rings. The van der Waals surface area contributed by atoms with Gasteiger partial charge in [0.15, 0.2) is 0 Å². The molecular weight excluding hydrogens is 484 g/mol. The van der Waals surface area contributed by atoms with Crippen molar-refractivity contribution < 1.29 is 9.59 Å². The van der Waals surface area contributed by atoms with Gasteiger partial charge in [0.05, 0.1) is 0 Å². The zero-order valence-corrected chi connectivity index (χ0v) is 24.6. The smallest absolute Gasteiger partial charge is 0.219 e. The molecule has 0 bridgehead atoms. The number of aromatic nitrogens is 3. The van der Waals surface area contributed by atoms with Crippen LogP contribution in [-0.2, 0) is 16.0 Å². The number of carbonyl (C=O) groups excluding carboxylic acids is 2. The topological polar surface area (TPSA) is 68.1 Å². The van der Waals surface area contributed by atoms with E-state index in [0.717, 1.165) is 47.5 Å². The van der Waals surface area contributed by atoms with E-state index in [-0.39, 0.29) is 23.5 Å². The van der Waals surface area contributed by atoms with Crippen LogP contribution in [0.15, 0.2) is 18.2 Å². The molecule has 1 aliphatic heterocycles. The molecule has 210 valence electrons. The highest BCUT2D eigenvalue weighted by Crippen LogP contribution is 2.53. The van der Waals surface area contributed by atoms with Gasteiger partial charge in [-0.2, -0.15) is 0 Å². The minimum absolute atomic E-state index is 0.0389. The highest BCUT2D eigenvalue weighted by Gasteiger charge is 2.46. The fourth-order valence-corrected chi connectivity index (χ4v) is 7.72. The van der Waals surface area contributed by atoms with Gasteiger partial charge >= 0.3 is 0 Å². The van der Waals surface area contributed by atoms with Gasteiger partial charge in [-0.05, 0) is 93.6 Å². The molecule has 1 saturated heterocycles. The summed E-state index contributed by atoms with van der Waals surface area (Å²) in [5.41, 5.74) is 3.97. The Labute approximate surface area is 233 Å². The van der Waals surface area contributed by atoms with Gasteiger partial charge in [-0.15, -0.1) is 10.2 Å². The molecule has 2 heterocycles. The molecule has 1 aromatic carbocycles. The van der Waals surface area contributed by atoms with Crippen molar-refractivity contribution >= 4 is 11.7 Å². The van der Waals surface area contributed by atoms with Crippen molar-refractivity contribution in [2.45, 2.75) is 110 Å². The summed E-state index contributed by atoms with van der Waals surface area (Å²) in [7, 11) is 0. The van der Waals surface area contributed by atoms with Gasteiger partial charge in [-0.25, -0.2) is 0 Å². The van der Waals surface area contributed by atoms with E-state index < -0.39 is 0 Å². The van der Waals surface area contributed by atoms with Crippen LogP contribution in [0.25, 0.3) is 0 Å². The lowest BCUT2D eigenvalue weighted by atomic mass is 9.61. The second kappa shape index (κ2) is 10.2. The summed E-state index contributed by atoms with van der Waals surface area (Å²) in [6.07, 6.45) is 10.7. The van der Waals surface area contributed by atoms with Gasteiger partial charge in [0.25, 0.3) is 0 Å². The van der Waals surface area contributed by atoms with E-state index >= 15 is 0 Å². The Balaban J connectivity index is 1.21. The molecule has 0 spiro atoms. The van der Waals surface area contributed by atoms with E-state index in [1.54, 1.807) is 6.92 Å². The average molecular weight is 531 g/mol. The van der Waals surface area contributed by atoms with E-state index in [1.165, 1.54) is 44.1 Å². The molecule has 3 aliphatic carbocycles. The Hall–Kier alpha value is -2.50. The van der Waals surface area contributed by atoms with Crippen molar-refractivity contribution in [1.29, 1.82) is 0 Å². The van der Waals surface area contributed by atoms with Gasteiger partial charge < -0.3 is 9.47 Å². The molecule has 6 nitrogen and oxygen atoms in total. The predicted molar refractivity (Wildman–Crippen MR) is 153 cm³/mol. The maximum Gasteiger partial charge on any atom is 0.219 e. The van der Waals surface area contributed by atoms with Gasteiger partial charge in [0, 0.05) is 50.2 Å². The number of amides is 1. The van der Waals surface area contributed by atoms with Crippen LogP contribution < -0.4 is 0 Å². The summed E-state index contributed by atoms with van der Waals surface area (Å²) >= 11 is 0. The number of aryl methyl sites for hydroxylation is 2. The first-order valence-corrected chi connectivity index (χ1v) is 15.4. The lowest BCUT2D eigenvalue weighted by Crippen LogP contribution is -2.34. The third-order valence-electron chi connectivity index (χ3n) is 10.6. The SMILES string of the molecule is CC(=O)N1C[C@@H](C(=O)Cc2ccc(C)cc2C)[C@H](c2nnc(C3CC(C4CCC(C)(C)CC4)C3)n2C2CC2)C1. The lowest BCUT2D eigenvalue weighted by molar-refractivity contribution is -0.128. The molecule has 6 rings (SSSR count). The Morgan fingerprint density at radius 2 is 1.64 bits per heavy atom. The maximum absolute atomic E-state index is 13.8. The first kappa shape index (κ1) is 26.7. The van der Waals surface area contributed by atoms with Crippen LogP contribution in [-0.4, -0.2) is 44.4 Å². The third kappa shape index (κ3) is 5.32. The highest BCUT2D eigenvalue weighted by molar-refractivity contribution is 5.86. The molecule has 0 N–H and O–H groups in total. The van der Waals surface area contributed by atoms with Crippen molar-refractivity contribution in [3.05, 3.63) is 46.5 Å². The zero-order valence-electron chi connectivity index (χ0n) is 24.6. The van der Waals surface area contributed by atoms with E-state index in [2.05, 4.69) is 50.5 Å². The molecular formula is C33H46N4O2. The molecule has 1 amide bonds. The minimum Gasteiger partial charge on any atom is -0.341 e. The number of benzene rings is 1. The summed E-state index contributed by atoms with van der Waals surface area (Å²) in [4.78, 5) is 28.1. The quantitative estimate of drug-likeness (QED) is 0.420. The van der Waals surface area contributed by atoms with Crippen molar-refractivity contribution in [1.82, 2.24) is 19.7 Å². The van der Waals surface area contributed by atoms with Crippen LogP contribution >= 0.6 is 0 Å². The largest absolute Gasteiger partial charge is 0.341 e. The summed E-state index contributed by atoms with van der Waals surface area (Å²) < 4.78 is 2.43. The van der Waals surface area contributed by atoms with Crippen LogP contribution in [0, 0.1) is 37.0 Å². The number of likely N-dealkylation sites (tertiary alicyclic amines) is 1. The van der Waals surface area contributed by atoms with Gasteiger partial charge in [-0.1, -0.05) is 37.6 Å². The minimum atomic E-state index is -0.233. The van der Waals surface area contributed by atoms with Crippen LogP contribution in [0.2, 0.25) is 0 Å². The summed E-state index contributed by atoms with van der Waals surface area (Å²) in [5, 5.41) is 9.62. The molecule has 0 unspecified atom stereocenters. The molecule has 4 fully saturated rings. The number of hydrogen-bond acceptors (Lipinski definition) is 4. The fourth-order valence-electron chi connectivity index (χ4n) is 7.72. The second-order valence-corrected chi connectivity index (χ2v) is 14.2. The van der Waals surface area contributed by atoms with Crippen molar-refractivity contribution in [2.75, 3.05) is 13.1 Å². The Kier molecular flexibility index (Phi) is 6.96. The van der Waals surface area contributed by atoms with Gasteiger partial charge in [0.2, 0.25) is 5.91 Å². The second-order valence-electron chi connectivity index (χ2n) is 14.2. The van der Waals surface area contributed by atoms with E-state index in [9.17, 15) is 9.59 Å². The van der Waals surface area contributed by atoms with Crippen LogP contribution in [0.3, 0.4) is 0 Å². The number of nitrogens with zero attached hydrogens (tertiary/aromatic N) is 4. The maximum atomic E-state index is 13.8. The molecule has 3 saturated carbocycles. The van der Waals surface area contributed by atoms with Gasteiger partial charge in [0.1, 0.15) is 17.4 Å². The monoisotopic (exact) mass is 530 g/mol. The van der Waals surface area contributed by atoms with Crippen molar-refractivity contribution in [2.24, 2.45) is 23.2 Å². The Morgan fingerprint density at radius 3 is 2.28 bits per heavy atom. The summed E-state index contributed by atoms with van der Waals surface area (Å²) in [6, 6.07) is 6.77. The fraction of sp³-hybridized carbons (Fsp3) is 0.697. The van der Waals surface area contributed by atoms with Crippen LogP contribution in [0.5, 0.6) is 0 Å². The standard InChI is InChI=1S/C33H46N4O2/c1-20-6-7-24(21(2)14-20)17-30(39)28-18-36(22(3)38)19-29(28)32-35-34-31(37(32)27-8-9-27)26-15-25(16-26)23-10-12-33(4,5)13-11-23/h6-7,14,23,25-29H,8-13,15-19H2,1-5H3/t25?,26?,28-,29-/m1/s1. The number of hydrogen-bond donors (Lipinski definition) is 0. The molecule has 1 aromatic heterocycles. The molecule has 4 aliphatic rings. The Bertz CT molecular complexity index is 1240. The van der Waals surface area contributed by atoms with E-state index in [0.29, 0.717) is 36.9 Å². The summed E-state index contributed by atoms with van der Waals surface area (Å²) in [6.45, 7) is 11.7. The number of rotatable bonds is 7. The predicted octanol–water partition coefficient (Wildman–Crippen LogP) is 6.31. The van der Waals surface area contributed by atoms with Crippen LogP contribution in [0.1, 0.15) is 118 Å². The van der Waals surface area contributed by atoms with Crippen molar-refractivity contribution in [3.8, 4) is 0 Å². The number of Topliss-reactive ketones (excluding diaryl/α,β-unsaturated/α-hetero) is 1. The first-order chi connectivity index (χ1) is 18.6. The molecule has 6 heteroatoms. The Morgan fingerprint density at radius 1 is 0.949 bits per heavy atom. The lowest BCUT2D eigenvalue weighted by Gasteiger charge is -2.44. The molecule has 0 radical (unpaired) electrons. The highest BCUT2D eigenvalue weighted by atomic mass is 16.2. The van der Waals surface area contributed by atoms with Crippen molar-refractivity contribution in [3.63, 3.8) is 0 Å². The normalized spacial score (nSPS) is 28.9. The molecule has 39 heavy (non-hydrogen) atoms. The third-order valence-corrected chi connectivity index (χ3v) is 10.6. The summed E-state index contributed by atoms with van der Waals surface area (Å²) in [5.74, 6) is 4.24. The van der Waals surface area contributed by atoms with Crippen LogP contribution in [0.4, 0.5) is 0 Å². The number of carbonyl (C=O) groups is 2. The van der Waals surface area contributed by atoms with E-state index in [1.807, 2.05) is 4.90 Å². The number of ketones is 1.